The van der Waals surface area contributed by atoms with E-state index in [9.17, 15) is 22.8 Å². The van der Waals surface area contributed by atoms with Crippen LogP contribution in [0.3, 0.4) is 0 Å². The van der Waals surface area contributed by atoms with Gasteiger partial charge in [-0.15, -0.1) is 0 Å². The van der Waals surface area contributed by atoms with Crippen LogP contribution in [0.1, 0.15) is 36.1 Å². The van der Waals surface area contributed by atoms with Crippen molar-refractivity contribution in [2.75, 3.05) is 39.2 Å². The van der Waals surface area contributed by atoms with Gasteiger partial charge in [-0.25, -0.2) is 9.59 Å². The standard InChI is InChI=1S/C26H27F3N4O3/c1-17-22(24(34)36-14-6-13-31(2)3)23(19-11-9-18(16-30)10-12-19)32(4)25(35)33(17)21-8-5-7-20(15-21)26(27,28)29/h5,7-12,15,23H,6,13-14H2,1-4H3. The molecule has 0 saturated carbocycles. The zero-order valence-electron chi connectivity index (χ0n) is 20.5. The summed E-state index contributed by atoms with van der Waals surface area (Å²) < 4.78 is 45.6. The number of urea groups is 1. The van der Waals surface area contributed by atoms with E-state index in [1.54, 1.807) is 24.3 Å². The van der Waals surface area contributed by atoms with Gasteiger partial charge in [-0.3, -0.25) is 4.90 Å². The number of ether oxygens (including phenoxy) is 1. The quantitative estimate of drug-likeness (QED) is 0.397. The van der Waals surface area contributed by atoms with E-state index in [2.05, 4.69) is 0 Å². The molecule has 2 aromatic carbocycles. The fourth-order valence-electron chi connectivity index (χ4n) is 4.06. The van der Waals surface area contributed by atoms with Crippen molar-refractivity contribution in [3.8, 4) is 6.07 Å². The number of hydrogen-bond donors (Lipinski definition) is 0. The molecule has 1 aliphatic rings. The van der Waals surface area contributed by atoms with Crippen molar-refractivity contribution >= 4 is 17.7 Å². The van der Waals surface area contributed by atoms with E-state index >= 15 is 0 Å². The smallest absolute Gasteiger partial charge is 0.416 e. The van der Waals surface area contributed by atoms with Gasteiger partial charge in [0.25, 0.3) is 0 Å². The number of nitrogens with zero attached hydrogens (tertiary/aromatic N) is 4. The van der Waals surface area contributed by atoms with E-state index in [0.717, 1.165) is 17.0 Å². The number of alkyl halides is 3. The van der Waals surface area contributed by atoms with Crippen LogP contribution in [0.15, 0.2) is 59.8 Å². The van der Waals surface area contributed by atoms with Crippen LogP contribution in [0.5, 0.6) is 0 Å². The topological polar surface area (TPSA) is 76.9 Å². The normalized spacial score (nSPS) is 16.4. The number of halogens is 3. The third-order valence-corrected chi connectivity index (χ3v) is 5.87. The Labute approximate surface area is 208 Å². The Morgan fingerprint density at radius 1 is 1.17 bits per heavy atom. The summed E-state index contributed by atoms with van der Waals surface area (Å²) in [6.45, 7) is 2.34. The van der Waals surface area contributed by atoms with Gasteiger partial charge in [0.15, 0.2) is 0 Å². The number of carbonyl (C=O) groups excluding carboxylic acids is 2. The maximum atomic E-state index is 13.4. The lowest BCUT2D eigenvalue weighted by Crippen LogP contribution is -2.49. The van der Waals surface area contributed by atoms with Crippen LogP contribution in [0.2, 0.25) is 0 Å². The number of amides is 2. The highest BCUT2D eigenvalue weighted by Crippen LogP contribution is 2.40. The second-order valence-electron chi connectivity index (χ2n) is 8.71. The van der Waals surface area contributed by atoms with Crippen molar-refractivity contribution in [1.82, 2.24) is 9.80 Å². The molecule has 0 aliphatic carbocycles. The molecule has 1 atom stereocenters. The zero-order valence-corrected chi connectivity index (χ0v) is 20.5. The van der Waals surface area contributed by atoms with E-state index in [-0.39, 0.29) is 23.6 Å². The summed E-state index contributed by atoms with van der Waals surface area (Å²) in [5.74, 6) is -0.669. The third kappa shape index (κ3) is 5.69. The number of nitriles is 1. The molecule has 36 heavy (non-hydrogen) atoms. The molecule has 1 aliphatic heterocycles. The maximum absolute atomic E-state index is 13.4. The number of rotatable bonds is 7. The molecule has 0 bridgehead atoms. The van der Waals surface area contributed by atoms with Crippen LogP contribution in [-0.2, 0) is 15.7 Å². The van der Waals surface area contributed by atoms with E-state index in [4.69, 9.17) is 10.00 Å². The van der Waals surface area contributed by atoms with E-state index in [0.29, 0.717) is 24.1 Å². The molecule has 190 valence electrons. The van der Waals surface area contributed by atoms with Crippen LogP contribution in [-0.4, -0.2) is 56.1 Å². The molecule has 1 heterocycles. The fourth-order valence-corrected chi connectivity index (χ4v) is 4.06. The number of carbonyl (C=O) groups is 2. The van der Waals surface area contributed by atoms with E-state index < -0.39 is 29.8 Å². The number of esters is 1. The zero-order chi connectivity index (χ0) is 26.6. The van der Waals surface area contributed by atoms with Gasteiger partial charge in [-0.2, -0.15) is 18.4 Å². The van der Waals surface area contributed by atoms with Crippen LogP contribution in [0.25, 0.3) is 0 Å². The Morgan fingerprint density at radius 2 is 1.83 bits per heavy atom. The molecule has 1 unspecified atom stereocenters. The predicted octanol–water partition coefficient (Wildman–Crippen LogP) is 4.96. The lowest BCUT2D eigenvalue weighted by atomic mass is 9.92. The summed E-state index contributed by atoms with van der Waals surface area (Å²) in [5, 5.41) is 9.13. The molecule has 2 aromatic rings. The largest absolute Gasteiger partial charge is 0.462 e. The molecular formula is C26H27F3N4O3. The first-order valence-corrected chi connectivity index (χ1v) is 11.2. The minimum atomic E-state index is -4.60. The molecule has 0 fully saturated rings. The minimum Gasteiger partial charge on any atom is -0.462 e. The van der Waals surface area contributed by atoms with Gasteiger partial charge in [0, 0.05) is 19.3 Å². The highest BCUT2D eigenvalue weighted by atomic mass is 19.4. The van der Waals surface area contributed by atoms with Crippen LogP contribution in [0.4, 0.5) is 23.7 Å². The fraction of sp³-hybridized carbons (Fsp3) is 0.346. The van der Waals surface area contributed by atoms with Crippen molar-refractivity contribution in [2.45, 2.75) is 25.6 Å². The van der Waals surface area contributed by atoms with Crippen molar-refractivity contribution < 1.29 is 27.5 Å². The maximum Gasteiger partial charge on any atom is 0.416 e. The Balaban J connectivity index is 2.10. The molecule has 2 amide bonds. The van der Waals surface area contributed by atoms with Gasteiger partial charge in [0.05, 0.1) is 41.1 Å². The Morgan fingerprint density at radius 3 is 2.42 bits per heavy atom. The van der Waals surface area contributed by atoms with Crippen molar-refractivity contribution in [2.24, 2.45) is 0 Å². The SMILES string of the molecule is CC1=C(C(=O)OCCCN(C)C)C(c2ccc(C#N)cc2)N(C)C(=O)N1c1cccc(C(F)(F)F)c1. The molecule has 0 aromatic heterocycles. The first-order chi connectivity index (χ1) is 17.0. The molecule has 0 N–H and O–H groups in total. The highest BCUT2D eigenvalue weighted by Gasteiger charge is 2.42. The molecule has 0 saturated heterocycles. The number of hydrogen-bond acceptors (Lipinski definition) is 5. The molecule has 3 rings (SSSR count). The lowest BCUT2D eigenvalue weighted by Gasteiger charge is -2.41. The monoisotopic (exact) mass is 500 g/mol. The Kier molecular flexibility index (Phi) is 8.05. The van der Waals surface area contributed by atoms with Gasteiger partial charge in [-0.1, -0.05) is 18.2 Å². The van der Waals surface area contributed by atoms with Crippen LogP contribution in [0, 0.1) is 11.3 Å². The van der Waals surface area contributed by atoms with Crippen LogP contribution >= 0.6 is 0 Å². The van der Waals surface area contributed by atoms with Gasteiger partial charge >= 0.3 is 18.2 Å². The molecule has 0 spiro atoms. The Bertz CT molecular complexity index is 1200. The summed E-state index contributed by atoms with van der Waals surface area (Å²) >= 11 is 0. The average molecular weight is 501 g/mol. The number of allylic oxidation sites excluding steroid dienone is 1. The lowest BCUT2D eigenvalue weighted by molar-refractivity contribution is -0.140. The van der Waals surface area contributed by atoms with Crippen molar-refractivity contribution in [3.05, 3.63) is 76.5 Å². The Hall–Kier alpha value is -3.84. The summed E-state index contributed by atoms with van der Waals surface area (Å²) in [6, 6.07) is 11.4. The number of anilines is 1. The molecular weight excluding hydrogens is 473 g/mol. The predicted molar refractivity (Wildman–Crippen MR) is 128 cm³/mol. The first-order valence-electron chi connectivity index (χ1n) is 11.2. The average Bonchev–Trinajstić information content (AvgIpc) is 2.83. The van der Waals surface area contributed by atoms with Gasteiger partial charge < -0.3 is 14.5 Å². The number of likely N-dealkylation sites (N-methyl/N-ethyl adjacent to an activating group) is 1. The van der Waals surface area contributed by atoms with Gasteiger partial charge in [-0.05, 0) is 63.3 Å². The highest BCUT2D eigenvalue weighted by molar-refractivity contribution is 6.03. The molecule has 0 radical (unpaired) electrons. The summed E-state index contributed by atoms with van der Waals surface area (Å²) in [4.78, 5) is 31.1. The van der Waals surface area contributed by atoms with Gasteiger partial charge in [0.1, 0.15) is 0 Å². The van der Waals surface area contributed by atoms with Crippen molar-refractivity contribution in [1.29, 1.82) is 5.26 Å². The second-order valence-corrected chi connectivity index (χ2v) is 8.71. The van der Waals surface area contributed by atoms with Crippen LogP contribution < -0.4 is 4.90 Å². The summed E-state index contributed by atoms with van der Waals surface area (Å²) in [7, 11) is 5.26. The molecule has 7 nitrogen and oxygen atoms in total. The summed E-state index contributed by atoms with van der Waals surface area (Å²) in [6.07, 6.45) is -4.02. The molecule has 10 heteroatoms. The van der Waals surface area contributed by atoms with Crippen molar-refractivity contribution in [3.63, 3.8) is 0 Å². The minimum absolute atomic E-state index is 0.0182. The summed E-state index contributed by atoms with van der Waals surface area (Å²) in [5.41, 5.74) is 0.338. The van der Waals surface area contributed by atoms with Gasteiger partial charge in [0.2, 0.25) is 0 Å². The first kappa shape index (κ1) is 26.8. The third-order valence-electron chi connectivity index (χ3n) is 5.87. The van der Waals surface area contributed by atoms with E-state index in [1.165, 1.54) is 31.0 Å². The second kappa shape index (κ2) is 10.8. The number of benzene rings is 2. The van der Waals surface area contributed by atoms with E-state index in [1.807, 2.05) is 25.1 Å².